The van der Waals surface area contributed by atoms with Gasteiger partial charge >= 0.3 is 0 Å². The normalized spacial score (nSPS) is 19.6. The summed E-state index contributed by atoms with van der Waals surface area (Å²) < 4.78 is 0. The second-order valence-corrected chi connectivity index (χ2v) is 6.86. The van der Waals surface area contributed by atoms with E-state index in [2.05, 4.69) is 29.6 Å². The summed E-state index contributed by atoms with van der Waals surface area (Å²) in [5, 5.41) is 3.52. The fourth-order valence-electron chi connectivity index (χ4n) is 2.21. The second kappa shape index (κ2) is 5.97. The Labute approximate surface area is 119 Å². The van der Waals surface area contributed by atoms with E-state index < -0.39 is 5.41 Å². The molecule has 0 unspecified atom stereocenters. The van der Waals surface area contributed by atoms with Crippen LogP contribution in [-0.2, 0) is 11.2 Å². The molecule has 0 saturated heterocycles. The Morgan fingerprint density at radius 2 is 2.21 bits per heavy atom. The quantitative estimate of drug-likeness (QED) is 0.887. The lowest BCUT2D eigenvalue weighted by Crippen LogP contribution is -2.42. The highest BCUT2D eigenvalue weighted by molar-refractivity contribution is 7.99. The van der Waals surface area contributed by atoms with E-state index in [-0.39, 0.29) is 5.91 Å². The topological polar surface area (TPSA) is 55.1 Å². The largest absolute Gasteiger partial charge is 0.369 e. The molecule has 1 amide bonds. The van der Waals surface area contributed by atoms with Crippen LogP contribution in [0.15, 0.2) is 24.3 Å². The zero-order valence-electron chi connectivity index (χ0n) is 11.6. The number of fused-ring (bicyclic) bond motifs is 1. The average Bonchev–Trinajstić information content (AvgIpc) is 2.58. The van der Waals surface area contributed by atoms with Crippen molar-refractivity contribution in [3.8, 4) is 0 Å². The van der Waals surface area contributed by atoms with Crippen LogP contribution in [0.4, 0.5) is 0 Å². The third kappa shape index (κ3) is 3.51. The first-order chi connectivity index (χ1) is 9.00. The minimum Gasteiger partial charge on any atom is -0.369 e. The number of benzene rings is 1. The molecule has 0 radical (unpaired) electrons. The molecule has 1 aliphatic rings. The number of primary amides is 1. The molecule has 0 fully saturated rings. The van der Waals surface area contributed by atoms with E-state index >= 15 is 0 Å². The first-order valence-electron chi connectivity index (χ1n) is 6.69. The van der Waals surface area contributed by atoms with Gasteiger partial charge in [0.25, 0.3) is 0 Å². The van der Waals surface area contributed by atoms with Crippen molar-refractivity contribution in [1.82, 2.24) is 5.32 Å². The third-order valence-corrected chi connectivity index (χ3v) is 4.75. The average molecular weight is 278 g/mol. The van der Waals surface area contributed by atoms with Gasteiger partial charge < -0.3 is 11.1 Å². The van der Waals surface area contributed by atoms with Gasteiger partial charge in [-0.05, 0) is 37.1 Å². The van der Waals surface area contributed by atoms with E-state index in [0.29, 0.717) is 12.6 Å². The fraction of sp³-hybridized carbons (Fsp3) is 0.533. The van der Waals surface area contributed by atoms with Crippen LogP contribution in [0.5, 0.6) is 0 Å². The summed E-state index contributed by atoms with van der Waals surface area (Å²) in [6.45, 7) is 4.39. The Morgan fingerprint density at radius 3 is 2.95 bits per heavy atom. The summed E-state index contributed by atoms with van der Waals surface area (Å²) in [4.78, 5) is 11.4. The number of nitrogens with two attached hydrogens (primary N) is 1. The summed E-state index contributed by atoms with van der Waals surface area (Å²) >= 11 is 1.96. The van der Waals surface area contributed by atoms with E-state index in [0.717, 1.165) is 17.9 Å². The molecule has 1 aromatic carbocycles. The highest BCUT2D eigenvalue weighted by Crippen LogP contribution is 2.28. The van der Waals surface area contributed by atoms with E-state index in [1.165, 1.54) is 11.1 Å². The Balaban J connectivity index is 2.10. The SMILES string of the molecule is CC(C)(CN[C@@H]1CSCCc2ccccc21)C(N)=O. The number of amides is 1. The van der Waals surface area contributed by atoms with Crippen molar-refractivity contribution in [3.63, 3.8) is 0 Å². The van der Waals surface area contributed by atoms with Crippen LogP contribution >= 0.6 is 11.8 Å². The third-order valence-electron chi connectivity index (χ3n) is 3.69. The van der Waals surface area contributed by atoms with Gasteiger partial charge in [-0.3, -0.25) is 4.79 Å². The molecule has 1 aromatic rings. The molecule has 0 spiro atoms. The standard InChI is InChI=1S/C15H22N2OS/c1-15(2,14(16)18)10-17-13-9-19-8-7-11-5-3-4-6-12(11)13/h3-6,13,17H,7-10H2,1-2H3,(H2,16,18)/t13-/m1/s1. The van der Waals surface area contributed by atoms with Crippen LogP contribution in [0.2, 0.25) is 0 Å². The number of thioether (sulfide) groups is 1. The molecule has 0 bridgehead atoms. The van der Waals surface area contributed by atoms with Crippen molar-refractivity contribution in [2.75, 3.05) is 18.1 Å². The van der Waals surface area contributed by atoms with Crippen molar-refractivity contribution >= 4 is 17.7 Å². The van der Waals surface area contributed by atoms with Crippen molar-refractivity contribution < 1.29 is 4.79 Å². The van der Waals surface area contributed by atoms with Gasteiger partial charge in [0, 0.05) is 18.3 Å². The molecule has 0 aliphatic carbocycles. The maximum Gasteiger partial charge on any atom is 0.224 e. The van der Waals surface area contributed by atoms with Gasteiger partial charge in [-0.25, -0.2) is 0 Å². The second-order valence-electron chi connectivity index (χ2n) is 5.71. The van der Waals surface area contributed by atoms with Crippen LogP contribution in [-0.4, -0.2) is 24.0 Å². The van der Waals surface area contributed by atoms with Crippen molar-refractivity contribution in [1.29, 1.82) is 0 Å². The highest BCUT2D eigenvalue weighted by atomic mass is 32.2. The zero-order valence-corrected chi connectivity index (χ0v) is 12.4. The monoisotopic (exact) mass is 278 g/mol. The Hall–Kier alpha value is -1.00. The van der Waals surface area contributed by atoms with E-state index in [1.807, 2.05) is 25.6 Å². The maximum absolute atomic E-state index is 11.4. The van der Waals surface area contributed by atoms with Gasteiger partial charge in [-0.1, -0.05) is 24.3 Å². The Kier molecular flexibility index (Phi) is 4.53. The predicted molar refractivity (Wildman–Crippen MR) is 81.2 cm³/mol. The number of rotatable bonds is 4. The van der Waals surface area contributed by atoms with Gasteiger partial charge in [-0.2, -0.15) is 11.8 Å². The van der Waals surface area contributed by atoms with Crippen LogP contribution in [0, 0.1) is 5.41 Å². The molecule has 1 atom stereocenters. The fourth-order valence-corrected chi connectivity index (χ4v) is 3.27. The minimum atomic E-state index is -0.508. The van der Waals surface area contributed by atoms with Gasteiger partial charge in [0.05, 0.1) is 5.41 Å². The molecule has 4 heteroatoms. The summed E-state index contributed by atoms with van der Waals surface area (Å²) in [5.74, 6) is 1.95. The summed E-state index contributed by atoms with van der Waals surface area (Å²) in [6, 6.07) is 8.88. The number of hydrogen-bond donors (Lipinski definition) is 2. The Morgan fingerprint density at radius 1 is 1.47 bits per heavy atom. The van der Waals surface area contributed by atoms with E-state index in [9.17, 15) is 4.79 Å². The van der Waals surface area contributed by atoms with Gasteiger partial charge in [0.15, 0.2) is 0 Å². The smallest absolute Gasteiger partial charge is 0.224 e. The molecule has 19 heavy (non-hydrogen) atoms. The molecule has 104 valence electrons. The lowest BCUT2D eigenvalue weighted by atomic mass is 9.91. The summed E-state index contributed by atoms with van der Waals surface area (Å²) in [7, 11) is 0. The molecule has 1 aliphatic heterocycles. The zero-order chi connectivity index (χ0) is 13.9. The van der Waals surface area contributed by atoms with Crippen LogP contribution < -0.4 is 11.1 Å². The molecule has 3 N–H and O–H groups in total. The van der Waals surface area contributed by atoms with Crippen LogP contribution in [0.3, 0.4) is 0 Å². The number of carbonyl (C=O) groups is 1. The molecule has 0 aromatic heterocycles. The lowest BCUT2D eigenvalue weighted by Gasteiger charge is -2.26. The molecular formula is C15H22N2OS. The van der Waals surface area contributed by atoms with Crippen molar-refractivity contribution in [2.24, 2.45) is 11.1 Å². The number of nitrogens with one attached hydrogen (secondary N) is 1. The van der Waals surface area contributed by atoms with E-state index in [4.69, 9.17) is 5.73 Å². The number of aryl methyl sites for hydroxylation is 1. The lowest BCUT2D eigenvalue weighted by molar-refractivity contribution is -0.125. The first-order valence-corrected chi connectivity index (χ1v) is 7.85. The first kappa shape index (κ1) is 14.4. The molecule has 1 heterocycles. The molecular weight excluding hydrogens is 256 g/mol. The van der Waals surface area contributed by atoms with E-state index in [1.54, 1.807) is 0 Å². The van der Waals surface area contributed by atoms with Gasteiger partial charge in [-0.15, -0.1) is 0 Å². The van der Waals surface area contributed by atoms with Gasteiger partial charge in [0.1, 0.15) is 0 Å². The molecule has 3 nitrogen and oxygen atoms in total. The highest BCUT2D eigenvalue weighted by Gasteiger charge is 2.27. The van der Waals surface area contributed by atoms with Crippen LogP contribution in [0.25, 0.3) is 0 Å². The van der Waals surface area contributed by atoms with Crippen LogP contribution in [0.1, 0.15) is 31.0 Å². The summed E-state index contributed by atoms with van der Waals surface area (Å²) in [6.07, 6.45) is 1.12. The summed E-state index contributed by atoms with van der Waals surface area (Å²) in [5.41, 5.74) is 7.71. The van der Waals surface area contributed by atoms with Gasteiger partial charge in [0.2, 0.25) is 5.91 Å². The Bertz CT molecular complexity index is 459. The number of hydrogen-bond acceptors (Lipinski definition) is 3. The minimum absolute atomic E-state index is 0.255. The predicted octanol–water partition coefficient (Wildman–Crippen LogP) is 2.12. The maximum atomic E-state index is 11.4. The number of carbonyl (C=O) groups excluding carboxylic acids is 1. The molecule has 2 rings (SSSR count). The molecule has 0 saturated carbocycles. The van der Waals surface area contributed by atoms with Crippen molar-refractivity contribution in [3.05, 3.63) is 35.4 Å². The van der Waals surface area contributed by atoms with Crippen molar-refractivity contribution in [2.45, 2.75) is 26.3 Å².